The zero-order chi connectivity index (χ0) is 15.5. The lowest BCUT2D eigenvalue weighted by molar-refractivity contribution is -0.148. The Balaban J connectivity index is 1.58. The minimum atomic E-state index is -0.865. The molecule has 2 aliphatic carbocycles. The van der Waals surface area contributed by atoms with Gasteiger partial charge in [0, 0.05) is 22.4 Å². The first kappa shape index (κ1) is 14.2. The molecule has 1 saturated carbocycles. The molecule has 2 unspecified atom stereocenters. The molecule has 4 rings (SSSR count). The van der Waals surface area contributed by atoms with Gasteiger partial charge in [-0.2, -0.15) is 0 Å². The SMILES string of the molecule is O=C(O)[C@H]1CCCN1C(=O)C1CC12CCc1cc(Br)ccc12. The molecule has 22 heavy (non-hydrogen) atoms. The third-order valence-corrected chi connectivity index (χ3v) is 6.13. The van der Waals surface area contributed by atoms with Crippen LogP contribution in [0.25, 0.3) is 0 Å². The Morgan fingerprint density at radius 3 is 2.95 bits per heavy atom. The quantitative estimate of drug-likeness (QED) is 0.878. The first-order valence-corrected chi connectivity index (χ1v) is 8.64. The van der Waals surface area contributed by atoms with Crippen LogP contribution in [0.15, 0.2) is 22.7 Å². The molecule has 5 heteroatoms. The fourth-order valence-electron chi connectivity index (χ4n) is 4.44. The van der Waals surface area contributed by atoms with Gasteiger partial charge in [0.2, 0.25) is 5.91 Å². The van der Waals surface area contributed by atoms with Gasteiger partial charge in [-0.15, -0.1) is 0 Å². The third-order valence-electron chi connectivity index (χ3n) is 5.64. The number of benzene rings is 1. The first-order chi connectivity index (χ1) is 10.5. The summed E-state index contributed by atoms with van der Waals surface area (Å²) in [6.07, 6.45) is 4.29. The van der Waals surface area contributed by atoms with Gasteiger partial charge in [0.15, 0.2) is 0 Å². The molecule has 1 spiro atoms. The van der Waals surface area contributed by atoms with Gasteiger partial charge in [-0.1, -0.05) is 22.0 Å². The Kier molecular flexibility index (Phi) is 3.12. The number of carboxylic acid groups (broad SMARTS) is 1. The molecule has 1 aromatic rings. The topological polar surface area (TPSA) is 57.6 Å². The normalized spacial score (nSPS) is 32.3. The van der Waals surface area contributed by atoms with E-state index >= 15 is 0 Å². The molecule has 3 atom stereocenters. The molecule has 0 aromatic heterocycles. The molecule has 1 aromatic carbocycles. The largest absolute Gasteiger partial charge is 0.480 e. The molecule has 1 N–H and O–H groups in total. The van der Waals surface area contributed by atoms with Crippen LogP contribution in [-0.2, 0) is 21.4 Å². The van der Waals surface area contributed by atoms with E-state index in [1.165, 1.54) is 11.1 Å². The van der Waals surface area contributed by atoms with Gasteiger partial charge in [-0.05, 0) is 55.4 Å². The van der Waals surface area contributed by atoms with Crippen LogP contribution in [0.5, 0.6) is 0 Å². The van der Waals surface area contributed by atoms with Crippen LogP contribution in [0, 0.1) is 5.92 Å². The maximum absolute atomic E-state index is 12.8. The fraction of sp³-hybridized carbons (Fsp3) is 0.529. The summed E-state index contributed by atoms with van der Waals surface area (Å²) in [5, 5.41) is 9.28. The zero-order valence-corrected chi connectivity index (χ0v) is 13.8. The number of carboxylic acids is 1. The van der Waals surface area contributed by atoms with Crippen molar-refractivity contribution < 1.29 is 14.7 Å². The summed E-state index contributed by atoms with van der Waals surface area (Å²) in [7, 11) is 0. The molecule has 1 aliphatic heterocycles. The van der Waals surface area contributed by atoms with Gasteiger partial charge < -0.3 is 10.0 Å². The molecule has 2 fully saturated rings. The van der Waals surface area contributed by atoms with Gasteiger partial charge in [0.1, 0.15) is 6.04 Å². The number of nitrogens with zero attached hydrogens (tertiary/aromatic N) is 1. The molecular formula is C17H18BrNO3. The summed E-state index contributed by atoms with van der Waals surface area (Å²) >= 11 is 3.50. The van der Waals surface area contributed by atoms with E-state index < -0.39 is 12.0 Å². The number of hydrogen-bond acceptors (Lipinski definition) is 2. The number of halogens is 1. The van der Waals surface area contributed by atoms with Crippen LogP contribution in [0.3, 0.4) is 0 Å². The molecule has 1 amide bonds. The highest BCUT2D eigenvalue weighted by atomic mass is 79.9. The van der Waals surface area contributed by atoms with Crippen molar-refractivity contribution in [1.82, 2.24) is 4.90 Å². The maximum atomic E-state index is 12.8. The number of carbonyl (C=O) groups is 2. The highest BCUT2D eigenvalue weighted by Gasteiger charge is 2.62. The number of hydrogen-bond donors (Lipinski definition) is 1. The van der Waals surface area contributed by atoms with Crippen molar-refractivity contribution >= 4 is 27.8 Å². The monoisotopic (exact) mass is 363 g/mol. The number of amides is 1. The van der Waals surface area contributed by atoms with Crippen molar-refractivity contribution in [2.45, 2.75) is 43.6 Å². The molecule has 0 radical (unpaired) electrons. The number of aryl methyl sites for hydroxylation is 1. The van der Waals surface area contributed by atoms with Gasteiger partial charge in [0.25, 0.3) is 0 Å². The fourth-order valence-corrected chi connectivity index (χ4v) is 4.85. The average Bonchev–Trinajstić information content (AvgIpc) is 2.84. The van der Waals surface area contributed by atoms with E-state index in [0.29, 0.717) is 13.0 Å². The van der Waals surface area contributed by atoms with Crippen molar-refractivity contribution in [3.8, 4) is 0 Å². The van der Waals surface area contributed by atoms with Gasteiger partial charge in [-0.3, -0.25) is 4.79 Å². The second-order valence-corrected chi connectivity index (χ2v) is 7.66. The van der Waals surface area contributed by atoms with Gasteiger partial charge >= 0.3 is 5.97 Å². The van der Waals surface area contributed by atoms with E-state index in [2.05, 4.69) is 28.1 Å². The lowest BCUT2D eigenvalue weighted by Crippen LogP contribution is -2.42. The average molecular weight is 364 g/mol. The van der Waals surface area contributed by atoms with E-state index in [-0.39, 0.29) is 17.2 Å². The van der Waals surface area contributed by atoms with E-state index in [4.69, 9.17) is 0 Å². The summed E-state index contributed by atoms with van der Waals surface area (Å²) in [5.41, 5.74) is 2.62. The van der Waals surface area contributed by atoms with Crippen molar-refractivity contribution in [2.75, 3.05) is 6.54 Å². The molecule has 3 aliphatic rings. The summed E-state index contributed by atoms with van der Waals surface area (Å²) < 4.78 is 1.08. The van der Waals surface area contributed by atoms with Gasteiger partial charge in [-0.25, -0.2) is 4.79 Å². The molecule has 0 bridgehead atoms. The van der Waals surface area contributed by atoms with E-state index in [9.17, 15) is 14.7 Å². The number of likely N-dealkylation sites (tertiary alicyclic amines) is 1. The predicted octanol–water partition coefficient (Wildman–Crippen LogP) is 2.73. The molecular weight excluding hydrogens is 346 g/mol. The van der Waals surface area contributed by atoms with Crippen molar-refractivity contribution in [2.24, 2.45) is 5.92 Å². The van der Waals surface area contributed by atoms with E-state index in [1.54, 1.807) is 4.90 Å². The summed E-state index contributed by atoms with van der Waals surface area (Å²) in [4.78, 5) is 25.7. The second kappa shape index (κ2) is 4.82. The van der Waals surface area contributed by atoms with Crippen molar-refractivity contribution in [1.29, 1.82) is 0 Å². The van der Waals surface area contributed by atoms with Crippen LogP contribution in [0.2, 0.25) is 0 Å². The highest BCUT2D eigenvalue weighted by molar-refractivity contribution is 9.10. The zero-order valence-electron chi connectivity index (χ0n) is 12.2. The van der Waals surface area contributed by atoms with Crippen LogP contribution < -0.4 is 0 Å². The Hall–Kier alpha value is -1.36. The summed E-state index contributed by atoms with van der Waals surface area (Å²) in [6, 6.07) is 5.72. The number of aliphatic carboxylic acids is 1. The highest BCUT2D eigenvalue weighted by Crippen LogP contribution is 2.62. The Bertz CT molecular complexity index is 674. The standard InChI is InChI=1S/C17H18BrNO3/c18-11-3-4-12-10(8-11)5-6-17(12)9-13(17)15(20)19-7-1-2-14(19)16(21)22/h3-4,8,13-14H,1-2,5-7,9H2,(H,21,22)/t13?,14-,17?/m1/s1. The van der Waals surface area contributed by atoms with Crippen LogP contribution in [0.1, 0.15) is 36.8 Å². The minimum Gasteiger partial charge on any atom is -0.480 e. The predicted molar refractivity (Wildman–Crippen MR) is 84.6 cm³/mol. The second-order valence-electron chi connectivity index (χ2n) is 6.74. The third kappa shape index (κ3) is 1.94. The summed E-state index contributed by atoms with van der Waals surface area (Å²) in [6.45, 7) is 0.593. The van der Waals surface area contributed by atoms with Crippen LogP contribution in [0.4, 0.5) is 0 Å². The van der Waals surface area contributed by atoms with Crippen LogP contribution in [-0.4, -0.2) is 34.5 Å². The first-order valence-electron chi connectivity index (χ1n) is 7.85. The van der Waals surface area contributed by atoms with Crippen molar-refractivity contribution in [3.63, 3.8) is 0 Å². The van der Waals surface area contributed by atoms with Crippen molar-refractivity contribution in [3.05, 3.63) is 33.8 Å². The molecule has 4 nitrogen and oxygen atoms in total. The molecule has 1 heterocycles. The van der Waals surface area contributed by atoms with E-state index in [0.717, 1.165) is 30.2 Å². The van der Waals surface area contributed by atoms with Crippen LogP contribution >= 0.6 is 15.9 Å². The Labute approximate surface area is 137 Å². The number of rotatable bonds is 2. The lowest BCUT2D eigenvalue weighted by atomic mass is 9.95. The Morgan fingerprint density at radius 1 is 1.36 bits per heavy atom. The number of carbonyl (C=O) groups excluding carboxylic acids is 1. The van der Waals surface area contributed by atoms with Gasteiger partial charge in [0.05, 0.1) is 0 Å². The Morgan fingerprint density at radius 2 is 2.18 bits per heavy atom. The maximum Gasteiger partial charge on any atom is 0.326 e. The molecule has 116 valence electrons. The summed E-state index contributed by atoms with van der Waals surface area (Å²) in [5.74, 6) is -0.827. The van der Waals surface area contributed by atoms with E-state index in [1.807, 2.05) is 6.07 Å². The lowest BCUT2D eigenvalue weighted by Gasteiger charge is -2.23. The smallest absolute Gasteiger partial charge is 0.326 e. The number of fused-ring (bicyclic) bond motifs is 2. The molecule has 1 saturated heterocycles. The minimum absolute atomic E-state index is 0.0151.